The van der Waals surface area contributed by atoms with Crippen LogP contribution in [0.1, 0.15) is 11.1 Å². The first kappa shape index (κ1) is 15.2. The smallest absolute Gasteiger partial charge is 0.351 e. The van der Waals surface area contributed by atoms with Crippen LogP contribution in [0.2, 0.25) is 0 Å². The van der Waals surface area contributed by atoms with Crippen LogP contribution in [0.3, 0.4) is 0 Å². The summed E-state index contributed by atoms with van der Waals surface area (Å²) in [4.78, 5) is 11.3. The van der Waals surface area contributed by atoms with Gasteiger partial charge in [-0.3, -0.25) is 4.79 Å². The van der Waals surface area contributed by atoms with E-state index in [0.29, 0.717) is 12.1 Å². The minimum Gasteiger partial charge on any atom is -0.351 e. The fourth-order valence-corrected chi connectivity index (χ4v) is 1.36. The summed E-state index contributed by atoms with van der Waals surface area (Å²) in [6.45, 7) is 4.36. The van der Waals surface area contributed by atoms with E-state index in [1.807, 2.05) is 0 Å². The predicted octanol–water partition coefficient (Wildman–Crippen LogP) is 2.10. The highest BCUT2D eigenvalue weighted by Gasteiger charge is 2.29. The third-order valence-electron chi connectivity index (χ3n) is 2.35. The van der Waals surface area contributed by atoms with Crippen molar-refractivity contribution in [1.82, 2.24) is 10.6 Å². The number of hydrogen-bond donors (Lipinski definition) is 2. The zero-order valence-corrected chi connectivity index (χ0v) is 10.3. The molecule has 1 aromatic carbocycles. The number of amides is 1. The van der Waals surface area contributed by atoms with Gasteiger partial charge < -0.3 is 10.6 Å². The van der Waals surface area contributed by atoms with Crippen LogP contribution in [0.15, 0.2) is 36.9 Å². The van der Waals surface area contributed by atoms with Crippen LogP contribution in [-0.2, 0) is 17.5 Å². The lowest BCUT2D eigenvalue weighted by Gasteiger charge is -2.08. The van der Waals surface area contributed by atoms with E-state index in [4.69, 9.17) is 0 Å². The molecule has 104 valence electrons. The molecule has 0 saturated carbocycles. The minimum atomic E-state index is -4.34. The number of nitrogens with one attached hydrogen (secondary N) is 2. The molecule has 0 aliphatic carbocycles. The maximum atomic E-state index is 12.3. The van der Waals surface area contributed by atoms with Gasteiger partial charge in [0.25, 0.3) is 0 Å². The van der Waals surface area contributed by atoms with E-state index in [2.05, 4.69) is 17.2 Å². The largest absolute Gasteiger partial charge is 0.416 e. The Labute approximate surface area is 109 Å². The molecular weight excluding hydrogens is 257 g/mol. The molecule has 19 heavy (non-hydrogen) atoms. The molecule has 1 amide bonds. The van der Waals surface area contributed by atoms with E-state index in [0.717, 1.165) is 12.1 Å². The summed E-state index contributed by atoms with van der Waals surface area (Å²) >= 11 is 0. The molecule has 3 nitrogen and oxygen atoms in total. The second kappa shape index (κ2) is 6.94. The van der Waals surface area contributed by atoms with Crippen LogP contribution in [-0.4, -0.2) is 19.0 Å². The molecule has 0 radical (unpaired) electrons. The molecule has 6 heteroatoms. The summed E-state index contributed by atoms with van der Waals surface area (Å²) in [5.41, 5.74) is -0.0831. The average Bonchev–Trinajstić information content (AvgIpc) is 2.36. The van der Waals surface area contributed by atoms with Gasteiger partial charge in [-0.05, 0) is 17.7 Å². The van der Waals surface area contributed by atoms with Gasteiger partial charge in [0.1, 0.15) is 0 Å². The maximum Gasteiger partial charge on any atom is 0.416 e. The Balaban J connectivity index is 2.42. The van der Waals surface area contributed by atoms with E-state index in [1.54, 1.807) is 6.08 Å². The number of carbonyl (C=O) groups excluding carboxylic acids is 1. The molecule has 0 aliphatic heterocycles. The summed E-state index contributed by atoms with van der Waals surface area (Å²) in [5.74, 6) is -0.221. The number of halogens is 3. The van der Waals surface area contributed by atoms with E-state index in [1.165, 1.54) is 12.1 Å². The Hall–Kier alpha value is -1.82. The molecule has 0 fully saturated rings. The molecule has 0 bridgehead atoms. The molecule has 1 rings (SSSR count). The van der Waals surface area contributed by atoms with Gasteiger partial charge in [0, 0.05) is 13.1 Å². The standard InChI is InChI=1S/C13H15F3N2O/c1-2-7-17-9-12(19)18-8-10-3-5-11(6-4-10)13(14,15)16/h2-6,17H,1,7-9H2,(H,18,19). The first-order valence-electron chi connectivity index (χ1n) is 5.68. The van der Waals surface area contributed by atoms with Gasteiger partial charge in [-0.2, -0.15) is 13.2 Å². The maximum absolute atomic E-state index is 12.3. The monoisotopic (exact) mass is 272 g/mol. The highest BCUT2D eigenvalue weighted by atomic mass is 19.4. The van der Waals surface area contributed by atoms with Crippen molar-refractivity contribution < 1.29 is 18.0 Å². The van der Waals surface area contributed by atoms with Crippen molar-refractivity contribution in [1.29, 1.82) is 0 Å². The van der Waals surface area contributed by atoms with Gasteiger partial charge in [0.05, 0.1) is 12.1 Å². The molecule has 0 saturated heterocycles. The van der Waals surface area contributed by atoms with Crippen molar-refractivity contribution in [3.05, 3.63) is 48.0 Å². The minimum absolute atomic E-state index is 0.145. The molecule has 0 atom stereocenters. The van der Waals surface area contributed by atoms with E-state index in [-0.39, 0.29) is 19.0 Å². The lowest BCUT2D eigenvalue weighted by Crippen LogP contribution is -2.33. The van der Waals surface area contributed by atoms with Gasteiger partial charge in [-0.25, -0.2) is 0 Å². The molecule has 0 aromatic heterocycles. The van der Waals surface area contributed by atoms with Gasteiger partial charge in [0.2, 0.25) is 5.91 Å². The summed E-state index contributed by atoms with van der Waals surface area (Å²) in [5, 5.41) is 5.42. The van der Waals surface area contributed by atoms with Crippen molar-refractivity contribution in [2.75, 3.05) is 13.1 Å². The first-order chi connectivity index (χ1) is 8.93. The highest BCUT2D eigenvalue weighted by molar-refractivity contribution is 5.77. The zero-order chi connectivity index (χ0) is 14.3. The normalized spacial score (nSPS) is 11.1. The zero-order valence-electron chi connectivity index (χ0n) is 10.3. The third kappa shape index (κ3) is 5.56. The van der Waals surface area contributed by atoms with Gasteiger partial charge in [-0.15, -0.1) is 6.58 Å². The first-order valence-corrected chi connectivity index (χ1v) is 5.68. The lowest BCUT2D eigenvalue weighted by atomic mass is 10.1. The number of alkyl halides is 3. The van der Waals surface area contributed by atoms with Crippen LogP contribution in [0.25, 0.3) is 0 Å². The average molecular weight is 272 g/mol. The van der Waals surface area contributed by atoms with Crippen molar-refractivity contribution in [2.45, 2.75) is 12.7 Å². The molecular formula is C13H15F3N2O. The predicted molar refractivity (Wildman–Crippen MR) is 66.4 cm³/mol. The SMILES string of the molecule is C=CCNCC(=O)NCc1ccc(C(F)(F)F)cc1. The lowest BCUT2D eigenvalue weighted by molar-refractivity contribution is -0.137. The summed E-state index contributed by atoms with van der Waals surface area (Å²) < 4.78 is 37.0. The molecule has 0 unspecified atom stereocenters. The van der Waals surface area contributed by atoms with Crippen molar-refractivity contribution >= 4 is 5.91 Å². The highest BCUT2D eigenvalue weighted by Crippen LogP contribution is 2.28. The van der Waals surface area contributed by atoms with Crippen LogP contribution >= 0.6 is 0 Å². The van der Waals surface area contributed by atoms with E-state index < -0.39 is 11.7 Å². The van der Waals surface area contributed by atoms with Gasteiger partial charge >= 0.3 is 6.18 Å². The topological polar surface area (TPSA) is 41.1 Å². The molecule has 2 N–H and O–H groups in total. The van der Waals surface area contributed by atoms with Gasteiger partial charge in [0.15, 0.2) is 0 Å². The van der Waals surface area contributed by atoms with Crippen molar-refractivity contribution in [3.63, 3.8) is 0 Å². The third-order valence-corrected chi connectivity index (χ3v) is 2.35. The fraction of sp³-hybridized carbons (Fsp3) is 0.308. The Morgan fingerprint density at radius 3 is 2.42 bits per heavy atom. The van der Waals surface area contributed by atoms with Crippen LogP contribution in [0, 0.1) is 0 Å². The molecule has 0 spiro atoms. The molecule has 0 heterocycles. The van der Waals surface area contributed by atoms with E-state index >= 15 is 0 Å². The van der Waals surface area contributed by atoms with Crippen molar-refractivity contribution in [2.24, 2.45) is 0 Å². The fourth-order valence-electron chi connectivity index (χ4n) is 1.36. The number of benzene rings is 1. The van der Waals surface area contributed by atoms with Crippen molar-refractivity contribution in [3.8, 4) is 0 Å². The molecule has 0 aliphatic rings. The Morgan fingerprint density at radius 2 is 1.89 bits per heavy atom. The summed E-state index contributed by atoms with van der Waals surface area (Å²) in [6, 6.07) is 4.69. The molecule has 1 aromatic rings. The number of carbonyl (C=O) groups is 1. The number of rotatable bonds is 6. The van der Waals surface area contributed by atoms with E-state index in [9.17, 15) is 18.0 Å². The Kier molecular flexibility index (Phi) is 5.57. The quantitative estimate of drug-likeness (QED) is 0.615. The summed E-state index contributed by atoms with van der Waals surface area (Å²) in [6.07, 6.45) is -2.71. The summed E-state index contributed by atoms with van der Waals surface area (Å²) in [7, 11) is 0. The van der Waals surface area contributed by atoms with Crippen LogP contribution < -0.4 is 10.6 Å². The van der Waals surface area contributed by atoms with Crippen LogP contribution in [0.5, 0.6) is 0 Å². The second-order valence-corrected chi connectivity index (χ2v) is 3.89. The second-order valence-electron chi connectivity index (χ2n) is 3.89. The van der Waals surface area contributed by atoms with Gasteiger partial charge in [-0.1, -0.05) is 18.2 Å². The number of hydrogen-bond acceptors (Lipinski definition) is 2. The Morgan fingerprint density at radius 1 is 1.26 bits per heavy atom. The Bertz CT molecular complexity index is 427. The van der Waals surface area contributed by atoms with Crippen LogP contribution in [0.4, 0.5) is 13.2 Å².